The summed E-state index contributed by atoms with van der Waals surface area (Å²) in [4.78, 5) is 29.6. The van der Waals surface area contributed by atoms with E-state index >= 15 is 0 Å². The van der Waals surface area contributed by atoms with Gasteiger partial charge in [0.2, 0.25) is 0 Å². The van der Waals surface area contributed by atoms with Gasteiger partial charge in [0.05, 0.1) is 0 Å². The highest BCUT2D eigenvalue weighted by Crippen LogP contribution is 2.27. The Hall–Kier alpha value is -5.36. The number of rotatable bonds is 6. The normalized spacial score (nSPS) is 10.7. The first kappa shape index (κ1) is 26.3. The number of hydrogen-bond acceptors (Lipinski definition) is 4. The second-order valence-electron chi connectivity index (χ2n) is 9.50. The maximum absolute atomic E-state index is 13.2. The van der Waals surface area contributed by atoms with Gasteiger partial charge in [-0.1, -0.05) is 54.6 Å². The third kappa shape index (κ3) is 5.56. The van der Waals surface area contributed by atoms with Crippen LogP contribution in [0.2, 0.25) is 0 Å². The van der Waals surface area contributed by atoms with Crippen LogP contribution in [0.5, 0.6) is 11.5 Å². The van der Waals surface area contributed by atoms with E-state index < -0.39 is 0 Å². The monoisotopic (exact) mass is 528 g/mol. The maximum Gasteiger partial charge on any atom is 0.258 e. The molecule has 0 unspecified atom stereocenters. The SMILES string of the molecule is CN(C(=O)c1ccc(-c2ccc(O)cc2)cc1)c1cccc(N(C)C(=O)c2ccc(-c3ccc(O)cc3)cc2)c1. The van der Waals surface area contributed by atoms with E-state index in [2.05, 4.69) is 0 Å². The highest BCUT2D eigenvalue weighted by Gasteiger charge is 2.18. The number of phenols is 2. The molecule has 6 nitrogen and oxygen atoms in total. The average molecular weight is 529 g/mol. The van der Waals surface area contributed by atoms with Crippen LogP contribution in [0.1, 0.15) is 20.7 Å². The minimum absolute atomic E-state index is 0.173. The van der Waals surface area contributed by atoms with Crippen molar-refractivity contribution in [2.24, 2.45) is 0 Å². The van der Waals surface area contributed by atoms with Gasteiger partial charge in [-0.2, -0.15) is 0 Å². The van der Waals surface area contributed by atoms with Crippen LogP contribution in [0.15, 0.2) is 121 Å². The number of phenolic OH excluding ortho intramolecular Hbond substituents is 2. The lowest BCUT2D eigenvalue weighted by Crippen LogP contribution is -2.28. The molecule has 0 aromatic heterocycles. The first-order valence-corrected chi connectivity index (χ1v) is 12.8. The predicted octanol–water partition coefficient (Wildman–Crippen LogP) is 6.99. The Morgan fingerprint density at radius 1 is 0.475 bits per heavy atom. The number of nitrogens with zero attached hydrogens (tertiary/aromatic N) is 2. The quantitative estimate of drug-likeness (QED) is 0.249. The van der Waals surface area contributed by atoms with Gasteiger partial charge in [0.25, 0.3) is 11.8 Å². The Balaban J connectivity index is 1.29. The molecule has 0 saturated heterocycles. The zero-order chi connectivity index (χ0) is 28.2. The van der Waals surface area contributed by atoms with Gasteiger partial charge in [-0.15, -0.1) is 0 Å². The van der Waals surface area contributed by atoms with E-state index in [4.69, 9.17) is 0 Å². The van der Waals surface area contributed by atoms with Crippen molar-refractivity contribution >= 4 is 23.2 Å². The Bertz CT molecular complexity index is 1520. The molecule has 40 heavy (non-hydrogen) atoms. The molecule has 6 heteroatoms. The van der Waals surface area contributed by atoms with Crippen LogP contribution >= 0.6 is 0 Å². The summed E-state index contributed by atoms with van der Waals surface area (Å²) in [6.45, 7) is 0. The summed E-state index contributed by atoms with van der Waals surface area (Å²) < 4.78 is 0. The molecule has 0 fully saturated rings. The summed E-state index contributed by atoms with van der Waals surface area (Å²) >= 11 is 0. The molecule has 0 aliphatic rings. The van der Waals surface area contributed by atoms with E-state index in [9.17, 15) is 19.8 Å². The summed E-state index contributed by atoms with van der Waals surface area (Å²) in [7, 11) is 3.42. The molecular weight excluding hydrogens is 500 g/mol. The number of carbonyl (C=O) groups is 2. The Labute approximate surface area is 233 Å². The van der Waals surface area contributed by atoms with Crippen molar-refractivity contribution in [3.8, 4) is 33.8 Å². The number of amides is 2. The van der Waals surface area contributed by atoms with Gasteiger partial charge >= 0.3 is 0 Å². The summed E-state index contributed by atoms with van der Waals surface area (Å²) in [5.41, 5.74) is 6.16. The molecule has 2 N–H and O–H groups in total. The first-order chi connectivity index (χ1) is 19.3. The number of aromatic hydroxyl groups is 2. The lowest BCUT2D eigenvalue weighted by atomic mass is 10.0. The maximum atomic E-state index is 13.2. The van der Waals surface area contributed by atoms with Crippen LogP contribution in [0, 0.1) is 0 Å². The number of anilines is 2. The van der Waals surface area contributed by atoms with Crippen molar-refractivity contribution in [1.82, 2.24) is 0 Å². The zero-order valence-corrected chi connectivity index (χ0v) is 22.2. The van der Waals surface area contributed by atoms with Crippen molar-refractivity contribution in [1.29, 1.82) is 0 Å². The van der Waals surface area contributed by atoms with Gasteiger partial charge in [0.15, 0.2) is 0 Å². The lowest BCUT2D eigenvalue weighted by molar-refractivity contribution is 0.0986. The molecule has 0 radical (unpaired) electrons. The molecular formula is C34H28N2O4. The standard InChI is InChI=1S/C34H28N2O4/c1-35(33(39)27-10-6-23(7-11-27)25-14-18-31(37)19-15-25)29-4-3-5-30(22-29)36(2)34(40)28-12-8-24(9-13-28)26-16-20-32(38)21-17-26/h3-22,37-38H,1-2H3. The summed E-state index contributed by atoms with van der Waals surface area (Å²) in [5.74, 6) is 0.0620. The van der Waals surface area contributed by atoms with E-state index in [1.54, 1.807) is 72.4 Å². The minimum Gasteiger partial charge on any atom is -0.508 e. The topological polar surface area (TPSA) is 81.1 Å². The third-order valence-electron chi connectivity index (χ3n) is 6.88. The van der Waals surface area contributed by atoms with Crippen LogP contribution in [0.25, 0.3) is 22.3 Å². The van der Waals surface area contributed by atoms with Gasteiger partial charge in [-0.25, -0.2) is 0 Å². The fourth-order valence-electron chi connectivity index (χ4n) is 4.45. The minimum atomic E-state index is -0.173. The van der Waals surface area contributed by atoms with Gasteiger partial charge < -0.3 is 20.0 Å². The second-order valence-corrected chi connectivity index (χ2v) is 9.50. The van der Waals surface area contributed by atoms with Crippen molar-refractivity contribution in [3.63, 3.8) is 0 Å². The lowest BCUT2D eigenvalue weighted by Gasteiger charge is -2.22. The molecule has 2 amide bonds. The molecule has 0 saturated carbocycles. The molecule has 5 rings (SSSR count). The van der Waals surface area contributed by atoms with Gasteiger partial charge in [-0.05, 0) is 89.0 Å². The van der Waals surface area contributed by atoms with Gasteiger partial charge in [-0.3, -0.25) is 9.59 Å². The largest absolute Gasteiger partial charge is 0.508 e. The molecule has 0 aliphatic heterocycles. The van der Waals surface area contributed by atoms with E-state index in [1.807, 2.05) is 72.8 Å². The highest BCUT2D eigenvalue weighted by atomic mass is 16.3. The average Bonchev–Trinajstić information content (AvgIpc) is 3.00. The van der Waals surface area contributed by atoms with E-state index in [0.717, 1.165) is 22.3 Å². The molecule has 0 heterocycles. The van der Waals surface area contributed by atoms with Crippen molar-refractivity contribution < 1.29 is 19.8 Å². The van der Waals surface area contributed by atoms with Crippen LogP contribution in [-0.2, 0) is 0 Å². The van der Waals surface area contributed by atoms with Crippen LogP contribution < -0.4 is 9.80 Å². The molecule has 5 aromatic carbocycles. The third-order valence-corrected chi connectivity index (χ3v) is 6.88. The highest BCUT2D eigenvalue weighted by molar-refractivity contribution is 6.08. The molecule has 0 spiro atoms. The van der Waals surface area contributed by atoms with Crippen LogP contribution in [0.3, 0.4) is 0 Å². The smallest absolute Gasteiger partial charge is 0.258 e. The first-order valence-electron chi connectivity index (χ1n) is 12.8. The number of hydrogen-bond donors (Lipinski definition) is 2. The van der Waals surface area contributed by atoms with E-state index in [0.29, 0.717) is 22.5 Å². The van der Waals surface area contributed by atoms with Gasteiger partial charge in [0, 0.05) is 36.6 Å². The van der Waals surface area contributed by atoms with Gasteiger partial charge in [0.1, 0.15) is 11.5 Å². The molecule has 5 aromatic rings. The summed E-state index contributed by atoms with van der Waals surface area (Å²) in [6, 6.07) is 35.7. The predicted molar refractivity (Wildman–Crippen MR) is 159 cm³/mol. The van der Waals surface area contributed by atoms with Crippen molar-refractivity contribution in [2.45, 2.75) is 0 Å². The van der Waals surface area contributed by atoms with E-state index in [-0.39, 0.29) is 23.3 Å². The van der Waals surface area contributed by atoms with Crippen molar-refractivity contribution in [2.75, 3.05) is 23.9 Å². The molecule has 0 atom stereocenters. The fourth-order valence-corrected chi connectivity index (χ4v) is 4.45. The van der Waals surface area contributed by atoms with Crippen molar-refractivity contribution in [3.05, 3.63) is 132 Å². The number of benzene rings is 5. The second kappa shape index (κ2) is 11.2. The Kier molecular flexibility index (Phi) is 7.33. The molecule has 0 aliphatic carbocycles. The fraction of sp³-hybridized carbons (Fsp3) is 0.0588. The molecule has 0 bridgehead atoms. The zero-order valence-electron chi connectivity index (χ0n) is 22.2. The molecule has 198 valence electrons. The Morgan fingerprint density at radius 3 is 1.10 bits per heavy atom. The summed E-state index contributed by atoms with van der Waals surface area (Å²) in [6.07, 6.45) is 0. The van der Waals surface area contributed by atoms with Crippen LogP contribution in [0.4, 0.5) is 11.4 Å². The van der Waals surface area contributed by atoms with E-state index in [1.165, 1.54) is 0 Å². The summed E-state index contributed by atoms with van der Waals surface area (Å²) in [5, 5.41) is 19.0. The Morgan fingerprint density at radius 2 is 0.775 bits per heavy atom. The van der Waals surface area contributed by atoms with Crippen LogP contribution in [-0.4, -0.2) is 36.1 Å². The number of carbonyl (C=O) groups excluding carboxylic acids is 2.